The molecule has 1 aliphatic heterocycles. The summed E-state index contributed by atoms with van der Waals surface area (Å²) < 4.78 is 0. The van der Waals surface area contributed by atoms with Crippen LogP contribution in [-0.2, 0) is 17.6 Å². The molecule has 27 heavy (non-hydrogen) atoms. The summed E-state index contributed by atoms with van der Waals surface area (Å²) in [6.45, 7) is 2.98. The van der Waals surface area contributed by atoms with Crippen molar-refractivity contribution in [2.75, 3.05) is 6.54 Å². The Labute approximate surface area is 164 Å². The van der Waals surface area contributed by atoms with Crippen LogP contribution in [0.1, 0.15) is 46.3 Å². The number of carbonyl (C=O) groups excluding carboxylic acids is 1. The molecule has 4 heteroatoms. The molecule has 0 saturated carbocycles. The summed E-state index contributed by atoms with van der Waals surface area (Å²) in [6, 6.07) is 19.0. The molecule has 3 nitrogen and oxygen atoms in total. The fourth-order valence-electron chi connectivity index (χ4n) is 3.89. The molecular weight excluding hydrogens is 352 g/mol. The van der Waals surface area contributed by atoms with Crippen LogP contribution in [0.2, 0.25) is 0 Å². The molecule has 1 amide bonds. The molecule has 2 heterocycles. The van der Waals surface area contributed by atoms with Crippen LogP contribution in [0.4, 0.5) is 0 Å². The molecule has 0 N–H and O–H groups in total. The highest BCUT2D eigenvalue weighted by Crippen LogP contribution is 2.34. The molecule has 1 unspecified atom stereocenters. The molecule has 1 aliphatic rings. The van der Waals surface area contributed by atoms with Gasteiger partial charge in [-0.25, -0.2) is 4.98 Å². The van der Waals surface area contributed by atoms with Gasteiger partial charge in [-0.2, -0.15) is 0 Å². The van der Waals surface area contributed by atoms with E-state index in [0.29, 0.717) is 6.42 Å². The van der Waals surface area contributed by atoms with Gasteiger partial charge in [0.25, 0.3) is 0 Å². The van der Waals surface area contributed by atoms with Crippen LogP contribution in [0.3, 0.4) is 0 Å². The van der Waals surface area contributed by atoms with Crippen molar-refractivity contribution < 1.29 is 4.79 Å². The van der Waals surface area contributed by atoms with E-state index in [1.807, 2.05) is 23.6 Å². The molecular formula is C23H24N2OS. The highest BCUT2D eigenvalue weighted by Gasteiger charge is 2.30. The van der Waals surface area contributed by atoms with Gasteiger partial charge in [-0.05, 0) is 36.5 Å². The van der Waals surface area contributed by atoms with E-state index in [4.69, 9.17) is 4.98 Å². The fraction of sp³-hybridized carbons (Fsp3) is 0.304. The van der Waals surface area contributed by atoms with E-state index in [2.05, 4.69) is 48.2 Å². The summed E-state index contributed by atoms with van der Waals surface area (Å²) in [7, 11) is 0. The summed E-state index contributed by atoms with van der Waals surface area (Å²) >= 11 is 1.65. The SMILES string of the molecule is Cc1ccccc1C1CCCN1C(=O)Cc1csc(Cc2ccccc2)n1. The minimum atomic E-state index is 0.192. The van der Waals surface area contributed by atoms with E-state index in [9.17, 15) is 4.79 Å². The van der Waals surface area contributed by atoms with Crippen molar-refractivity contribution in [2.45, 2.75) is 38.6 Å². The fourth-order valence-corrected chi connectivity index (χ4v) is 4.72. The molecule has 0 radical (unpaired) electrons. The van der Waals surface area contributed by atoms with Gasteiger partial charge in [-0.15, -0.1) is 11.3 Å². The molecule has 3 aromatic rings. The lowest BCUT2D eigenvalue weighted by Crippen LogP contribution is -2.32. The number of rotatable bonds is 5. The van der Waals surface area contributed by atoms with Gasteiger partial charge in [0, 0.05) is 18.3 Å². The number of hydrogen-bond acceptors (Lipinski definition) is 3. The number of carbonyl (C=O) groups is 1. The lowest BCUT2D eigenvalue weighted by molar-refractivity contribution is -0.131. The van der Waals surface area contributed by atoms with Crippen LogP contribution < -0.4 is 0 Å². The lowest BCUT2D eigenvalue weighted by Gasteiger charge is -2.26. The third-order valence-corrected chi connectivity index (χ3v) is 6.15. The Kier molecular flexibility index (Phi) is 5.35. The van der Waals surface area contributed by atoms with Crippen LogP contribution >= 0.6 is 11.3 Å². The topological polar surface area (TPSA) is 33.2 Å². The highest BCUT2D eigenvalue weighted by molar-refractivity contribution is 7.09. The molecule has 0 spiro atoms. The zero-order valence-electron chi connectivity index (χ0n) is 15.6. The normalized spacial score (nSPS) is 16.6. The Morgan fingerprint density at radius 1 is 1.15 bits per heavy atom. The van der Waals surface area contributed by atoms with Gasteiger partial charge in [0.2, 0.25) is 5.91 Å². The second-order valence-corrected chi connectivity index (χ2v) is 8.12. The van der Waals surface area contributed by atoms with E-state index in [1.165, 1.54) is 16.7 Å². The maximum atomic E-state index is 13.0. The van der Waals surface area contributed by atoms with E-state index in [0.717, 1.165) is 36.5 Å². The van der Waals surface area contributed by atoms with Gasteiger partial charge in [0.1, 0.15) is 0 Å². The zero-order chi connectivity index (χ0) is 18.6. The summed E-state index contributed by atoms with van der Waals surface area (Å²) in [4.78, 5) is 19.7. The van der Waals surface area contributed by atoms with Crippen LogP contribution in [0.15, 0.2) is 60.0 Å². The molecule has 2 aromatic carbocycles. The van der Waals surface area contributed by atoms with Crippen molar-refractivity contribution in [1.82, 2.24) is 9.88 Å². The van der Waals surface area contributed by atoms with Crippen molar-refractivity contribution >= 4 is 17.2 Å². The molecule has 138 valence electrons. The predicted octanol–water partition coefficient (Wildman–Crippen LogP) is 4.95. The molecule has 4 rings (SSSR count). The van der Waals surface area contributed by atoms with Gasteiger partial charge in [-0.1, -0.05) is 54.6 Å². The Hall–Kier alpha value is -2.46. The number of hydrogen-bond donors (Lipinski definition) is 0. The van der Waals surface area contributed by atoms with E-state index >= 15 is 0 Å². The monoisotopic (exact) mass is 376 g/mol. The summed E-state index contributed by atoms with van der Waals surface area (Å²) in [6.07, 6.45) is 3.34. The second-order valence-electron chi connectivity index (χ2n) is 7.17. The predicted molar refractivity (Wildman–Crippen MR) is 110 cm³/mol. The number of aryl methyl sites for hydroxylation is 1. The largest absolute Gasteiger partial charge is 0.335 e. The number of amides is 1. The van der Waals surface area contributed by atoms with Crippen LogP contribution in [0.5, 0.6) is 0 Å². The Morgan fingerprint density at radius 3 is 2.74 bits per heavy atom. The third-order valence-electron chi connectivity index (χ3n) is 5.25. The van der Waals surface area contributed by atoms with Gasteiger partial charge in [0.15, 0.2) is 0 Å². The first-order valence-electron chi connectivity index (χ1n) is 9.53. The van der Waals surface area contributed by atoms with Crippen LogP contribution in [-0.4, -0.2) is 22.3 Å². The smallest absolute Gasteiger partial charge is 0.229 e. The number of benzene rings is 2. The van der Waals surface area contributed by atoms with Crippen molar-refractivity contribution in [3.05, 3.63) is 87.4 Å². The Balaban J connectivity index is 1.44. The third kappa shape index (κ3) is 4.11. The molecule has 1 atom stereocenters. The number of likely N-dealkylation sites (tertiary alicyclic amines) is 1. The van der Waals surface area contributed by atoms with Gasteiger partial charge in [0.05, 0.1) is 23.2 Å². The van der Waals surface area contributed by atoms with Gasteiger partial charge >= 0.3 is 0 Å². The maximum Gasteiger partial charge on any atom is 0.229 e. The summed E-state index contributed by atoms with van der Waals surface area (Å²) in [5.74, 6) is 0.192. The molecule has 1 saturated heterocycles. The second kappa shape index (κ2) is 8.05. The first-order chi connectivity index (χ1) is 13.2. The summed E-state index contributed by atoms with van der Waals surface area (Å²) in [5.41, 5.74) is 4.70. The standard InChI is InChI=1S/C23H24N2OS/c1-17-8-5-6-11-20(17)21-12-7-13-25(21)23(26)15-19-16-27-22(24-19)14-18-9-3-2-4-10-18/h2-6,8-11,16,21H,7,12-15H2,1H3. The average molecular weight is 377 g/mol. The van der Waals surface area contributed by atoms with E-state index in [-0.39, 0.29) is 11.9 Å². The number of aromatic nitrogens is 1. The quantitative estimate of drug-likeness (QED) is 0.631. The number of thiazole rings is 1. The first-order valence-corrected chi connectivity index (χ1v) is 10.4. The first kappa shape index (κ1) is 17.9. The van der Waals surface area contributed by atoms with E-state index < -0.39 is 0 Å². The van der Waals surface area contributed by atoms with E-state index in [1.54, 1.807) is 11.3 Å². The van der Waals surface area contributed by atoms with Gasteiger partial charge < -0.3 is 4.90 Å². The Bertz CT molecular complexity index is 919. The number of nitrogens with zero attached hydrogens (tertiary/aromatic N) is 2. The molecule has 1 aromatic heterocycles. The lowest BCUT2D eigenvalue weighted by atomic mass is 9.99. The molecule has 0 aliphatic carbocycles. The van der Waals surface area contributed by atoms with Gasteiger partial charge in [-0.3, -0.25) is 4.79 Å². The molecule has 1 fully saturated rings. The van der Waals surface area contributed by atoms with Crippen molar-refractivity contribution in [3.63, 3.8) is 0 Å². The van der Waals surface area contributed by atoms with Crippen molar-refractivity contribution in [1.29, 1.82) is 0 Å². The van der Waals surface area contributed by atoms with Crippen molar-refractivity contribution in [3.8, 4) is 0 Å². The van der Waals surface area contributed by atoms with Crippen LogP contribution in [0, 0.1) is 6.92 Å². The average Bonchev–Trinajstić information content (AvgIpc) is 3.33. The maximum absolute atomic E-state index is 13.0. The Morgan fingerprint density at radius 2 is 1.93 bits per heavy atom. The highest BCUT2D eigenvalue weighted by atomic mass is 32.1. The summed E-state index contributed by atoms with van der Waals surface area (Å²) in [5, 5.41) is 3.11. The minimum absolute atomic E-state index is 0.192. The minimum Gasteiger partial charge on any atom is -0.335 e. The zero-order valence-corrected chi connectivity index (χ0v) is 16.4. The molecule has 0 bridgehead atoms. The van der Waals surface area contributed by atoms with Crippen LogP contribution in [0.25, 0.3) is 0 Å². The van der Waals surface area contributed by atoms with Crippen molar-refractivity contribution in [2.24, 2.45) is 0 Å².